The summed E-state index contributed by atoms with van der Waals surface area (Å²) in [5, 5.41) is 5.30. The molecule has 0 amide bonds. The molecule has 0 unspecified atom stereocenters. The summed E-state index contributed by atoms with van der Waals surface area (Å²) in [6.45, 7) is 2.21. The van der Waals surface area contributed by atoms with Crippen molar-refractivity contribution in [3.05, 3.63) is 78.4 Å². The van der Waals surface area contributed by atoms with E-state index >= 15 is 0 Å². The fourth-order valence-electron chi connectivity index (χ4n) is 3.17. The molecule has 0 bridgehead atoms. The average molecular weight is 347 g/mol. The largest absolute Gasteiger partial charge is 0.149 e. The molecule has 100 valence electrons. The van der Waals surface area contributed by atoms with Crippen molar-refractivity contribution < 1.29 is 26.2 Å². The van der Waals surface area contributed by atoms with Gasteiger partial charge in [-0.1, -0.05) is 61.0 Å². The smallest absolute Gasteiger partial charge is 0 e. The number of hydrogen-bond acceptors (Lipinski definition) is 0. The first kappa shape index (κ1) is 14.4. The van der Waals surface area contributed by atoms with Crippen molar-refractivity contribution >= 4 is 21.5 Å². The molecule has 0 aliphatic heterocycles. The Labute approximate surface area is 143 Å². The van der Waals surface area contributed by atoms with Crippen LogP contribution in [0.4, 0.5) is 0 Å². The predicted octanol–water partition coefficient (Wildman–Crippen LogP) is 5.68. The first-order valence-corrected chi connectivity index (χ1v) is 6.98. The maximum Gasteiger partial charge on any atom is 0 e. The van der Waals surface area contributed by atoms with E-state index in [1.54, 1.807) is 0 Å². The van der Waals surface area contributed by atoms with Gasteiger partial charge in [0.05, 0.1) is 0 Å². The van der Waals surface area contributed by atoms with E-state index in [4.69, 9.17) is 0 Å². The molecule has 0 radical (unpaired) electrons. The number of fused-ring (bicyclic) bond motifs is 2. The van der Waals surface area contributed by atoms with Gasteiger partial charge in [0.1, 0.15) is 0 Å². The van der Waals surface area contributed by atoms with Gasteiger partial charge in [0.15, 0.2) is 0 Å². The molecule has 0 aromatic heterocycles. The van der Waals surface area contributed by atoms with E-state index in [9.17, 15) is 0 Å². The van der Waals surface area contributed by atoms with Gasteiger partial charge in [-0.3, -0.25) is 0 Å². The van der Waals surface area contributed by atoms with Crippen LogP contribution in [0, 0.1) is 6.92 Å². The van der Waals surface area contributed by atoms with Crippen LogP contribution < -0.4 is 0 Å². The molecule has 0 saturated carbocycles. The van der Waals surface area contributed by atoms with Gasteiger partial charge in [-0.05, 0) is 10.8 Å². The Kier molecular flexibility index (Phi) is 3.87. The van der Waals surface area contributed by atoms with E-state index in [2.05, 4.69) is 79.7 Å². The Morgan fingerprint density at radius 3 is 2.24 bits per heavy atom. The van der Waals surface area contributed by atoms with Gasteiger partial charge in [-0.25, -0.2) is 0 Å². The fourth-order valence-corrected chi connectivity index (χ4v) is 3.17. The van der Waals surface area contributed by atoms with Crippen molar-refractivity contribution in [2.75, 3.05) is 0 Å². The normalized spacial score (nSPS) is 10.7. The van der Waals surface area contributed by atoms with Crippen LogP contribution in [0.2, 0.25) is 0 Å². The number of aryl methyl sites for hydroxylation is 1. The first-order valence-electron chi connectivity index (χ1n) is 6.98. The van der Waals surface area contributed by atoms with Crippen LogP contribution in [0.5, 0.6) is 0 Å². The third kappa shape index (κ3) is 2.30. The van der Waals surface area contributed by atoms with E-state index in [-0.39, 0.29) is 26.2 Å². The molecule has 0 spiro atoms. The molecule has 0 nitrogen and oxygen atoms in total. The molecule has 4 aromatic rings. The molecule has 4 aromatic carbocycles. The van der Waals surface area contributed by atoms with E-state index in [1.807, 2.05) is 0 Å². The second kappa shape index (κ2) is 5.66. The minimum Gasteiger partial charge on any atom is -0.149 e. The van der Waals surface area contributed by atoms with Gasteiger partial charge in [0.25, 0.3) is 0 Å². The first-order chi connectivity index (χ1) is 9.84. The standard InChI is InChI=1S/C20H15.Zr/c1-14-13-16-8-3-5-11-18(16)20(14)19-12-6-9-15-7-2-4-10-17(15)19;/h2-13H,1H3;/q-1;. The fraction of sp³-hybridized carbons (Fsp3) is 0.0500. The Morgan fingerprint density at radius 2 is 1.38 bits per heavy atom. The van der Waals surface area contributed by atoms with Crippen molar-refractivity contribution in [2.24, 2.45) is 0 Å². The summed E-state index contributed by atoms with van der Waals surface area (Å²) >= 11 is 0. The molecule has 21 heavy (non-hydrogen) atoms. The van der Waals surface area contributed by atoms with Crippen molar-refractivity contribution in [3.63, 3.8) is 0 Å². The molecular weight excluding hydrogens is 331 g/mol. The summed E-state index contributed by atoms with van der Waals surface area (Å²) in [5.41, 5.74) is 4.06. The third-order valence-corrected chi connectivity index (χ3v) is 4.06. The van der Waals surface area contributed by atoms with Gasteiger partial charge in [-0.2, -0.15) is 0 Å². The van der Waals surface area contributed by atoms with E-state index < -0.39 is 0 Å². The van der Waals surface area contributed by atoms with Crippen molar-refractivity contribution in [3.8, 4) is 11.1 Å². The molecule has 0 N–H and O–H groups in total. The minimum absolute atomic E-state index is 0. The van der Waals surface area contributed by atoms with Gasteiger partial charge in [-0.15, -0.1) is 46.2 Å². The molecule has 0 aliphatic rings. The average Bonchev–Trinajstić information content (AvgIpc) is 2.82. The van der Waals surface area contributed by atoms with Crippen molar-refractivity contribution in [1.82, 2.24) is 0 Å². The molecule has 0 heterocycles. The van der Waals surface area contributed by atoms with Gasteiger partial charge < -0.3 is 0 Å². The second-order valence-electron chi connectivity index (χ2n) is 5.32. The van der Waals surface area contributed by atoms with E-state index in [1.165, 1.54) is 38.2 Å². The molecule has 1 heteroatoms. The Morgan fingerprint density at radius 1 is 0.714 bits per heavy atom. The SMILES string of the molecule is Cc1[cH-]c2ccccc2c1-c1cccc2ccccc12.[Zr]. The van der Waals surface area contributed by atoms with Crippen LogP contribution >= 0.6 is 0 Å². The van der Waals surface area contributed by atoms with Crippen LogP contribution in [0.15, 0.2) is 72.8 Å². The summed E-state index contributed by atoms with van der Waals surface area (Å²) in [4.78, 5) is 0. The zero-order chi connectivity index (χ0) is 13.5. The summed E-state index contributed by atoms with van der Waals surface area (Å²) in [6, 6.07) is 26.1. The van der Waals surface area contributed by atoms with Crippen molar-refractivity contribution in [1.29, 1.82) is 0 Å². The third-order valence-electron chi connectivity index (χ3n) is 4.06. The zero-order valence-corrected chi connectivity index (χ0v) is 14.4. The molecule has 0 atom stereocenters. The number of hydrogen-bond donors (Lipinski definition) is 0. The molecule has 0 aliphatic carbocycles. The Hall–Kier alpha value is -1.59. The van der Waals surface area contributed by atoms with Crippen LogP contribution in [0.25, 0.3) is 32.7 Å². The van der Waals surface area contributed by atoms with E-state index in [0.29, 0.717) is 0 Å². The number of rotatable bonds is 1. The van der Waals surface area contributed by atoms with Crippen LogP contribution in [-0.4, -0.2) is 0 Å². The summed E-state index contributed by atoms with van der Waals surface area (Å²) in [5.74, 6) is 0. The van der Waals surface area contributed by atoms with Gasteiger partial charge in [0, 0.05) is 26.2 Å². The minimum atomic E-state index is 0. The van der Waals surface area contributed by atoms with Crippen LogP contribution in [-0.2, 0) is 26.2 Å². The van der Waals surface area contributed by atoms with Crippen LogP contribution in [0.3, 0.4) is 0 Å². The Balaban J connectivity index is 0.00000132. The van der Waals surface area contributed by atoms with Gasteiger partial charge >= 0.3 is 0 Å². The maximum atomic E-state index is 2.28. The topological polar surface area (TPSA) is 0 Å². The molecular formula is C20H15Zr-. The molecule has 4 rings (SSSR count). The van der Waals surface area contributed by atoms with E-state index in [0.717, 1.165) is 0 Å². The van der Waals surface area contributed by atoms with Crippen molar-refractivity contribution in [2.45, 2.75) is 6.92 Å². The van der Waals surface area contributed by atoms with Crippen LogP contribution in [0.1, 0.15) is 5.56 Å². The maximum absolute atomic E-state index is 2.28. The number of benzene rings is 3. The monoisotopic (exact) mass is 345 g/mol. The quantitative estimate of drug-likeness (QED) is 0.389. The molecule has 0 fully saturated rings. The summed E-state index contributed by atoms with van der Waals surface area (Å²) in [7, 11) is 0. The van der Waals surface area contributed by atoms with Gasteiger partial charge in [0.2, 0.25) is 0 Å². The Bertz CT molecular complexity index is 910. The summed E-state index contributed by atoms with van der Waals surface area (Å²) in [6.07, 6.45) is 0. The molecule has 0 saturated heterocycles. The second-order valence-corrected chi connectivity index (χ2v) is 5.32. The zero-order valence-electron chi connectivity index (χ0n) is 11.9. The predicted molar refractivity (Wildman–Crippen MR) is 87.2 cm³/mol. The summed E-state index contributed by atoms with van der Waals surface area (Å²) < 4.78 is 0.